The Morgan fingerprint density at radius 1 is 1.62 bits per heavy atom. The molecule has 0 unspecified atom stereocenters. The molecule has 2 rings (SSSR count). The van der Waals surface area contributed by atoms with Gasteiger partial charge in [0.2, 0.25) is 0 Å². The van der Waals surface area contributed by atoms with E-state index in [1.54, 1.807) is 0 Å². The van der Waals surface area contributed by atoms with E-state index in [-0.39, 0.29) is 0 Å². The van der Waals surface area contributed by atoms with E-state index in [0.29, 0.717) is 12.1 Å². The number of rotatable bonds is 3. The van der Waals surface area contributed by atoms with Crippen LogP contribution in [-0.4, -0.2) is 11.2 Å². The summed E-state index contributed by atoms with van der Waals surface area (Å²) in [6.45, 7) is 4.06. The van der Waals surface area contributed by atoms with Crippen LogP contribution in [0.5, 0.6) is 0 Å². The first-order valence-electron chi connectivity index (χ1n) is 4.95. The zero-order valence-electron chi connectivity index (χ0n) is 8.21. The van der Waals surface area contributed by atoms with Crippen molar-refractivity contribution in [3.8, 4) is 0 Å². The first-order valence-corrected chi connectivity index (χ1v) is 4.95. The largest absolute Gasteiger partial charge is 0.361 e. The van der Waals surface area contributed by atoms with Crippen molar-refractivity contribution >= 4 is 0 Å². The molecule has 0 aliphatic heterocycles. The van der Waals surface area contributed by atoms with Crippen molar-refractivity contribution in [3.05, 3.63) is 17.5 Å². The summed E-state index contributed by atoms with van der Waals surface area (Å²) >= 11 is 0. The predicted octanol–water partition coefficient (Wildman–Crippen LogP) is 2.19. The molecule has 0 radical (unpaired) electrons. The summed E-state index contributed by atoms with van der Waals surface area (Å²) in [4.78, 5) is 0. The summed E-state index contributed by atoms with van der Waals surface area (Å²) in [5.74, 6) is 0.886. The van der Waals surface area contributed by atoms with Crippen LogP contribution >= 0.6 is 0 Å². The van der Waals surface area contributed by atoms with Gasteiger partial charge in [-0.3, -0.25) is 0 Å². The number of aromatic nitrogens is 1. The highest BCUT2D eigenvalue weighted by atomic mass is 16.5. The molecule has 1 aromatic heterocycles. The van der Waals surface area contributed by atoms with Crippen LogP contribution < -0.4 is 5.32 Å². The Balaban J connectivity index is 1.92. The number of aryl methyl sites for hydroxylation is 1. The molecule has 0 aromatic carbocycles. The van der Waals surface area contributed by atoms with Crippen LogP contribution in [0.25, 0.3) is 0 Å². The number of hydrogen-bond acceptors (Lipinski definition) is 3. The van der Waals surface area contributed by atoms with Gasteiger partial charge in [0, 0.05) is 12.1 Å². The van der Waals surface area contributed by atoms with E-state index < -0.39 is 0 Å². The van der Waals surface area contributed by atoms with E-state index in [0.717, 1.165) is 11.5 Å². The van der Waals surface area contributed by atoms with Crippen LogP contribution in [0.3, 0.4) is 0 Å². The minimum absolute atomic E-state index is 0.322. The van der Waals surface area contributed by atoms with Crippen LogP contribution in [0.15, 0.2) is 10.6 Å². The Kier molecular flexibility index (Phi) is 2.36. The Bertz CT molecular complexity index is 278. The van der Waals surface area contributed by atoms with Crippen LogP contribution in [0.2, 0.25) is 0 Å². The molecular formula is C10H16N2O. The molecule has 72 valence electrons. The van der Waals surface area contributed by atoms with Gasteiger partial charge in [-0.1, -0.05) is 11.6 Å². The molecule has 1 aromatic rings. The lowest BCUT2D eigenvalue weighted by Crippen LogP contribution is -2.36. The van der Waals surface area contributed by atoms with E-state index in [9.17, 15) is 0 Å². The Hall–Kier alpha value is -0.830. The van der Waals surface area contributed by atoms with Crippen LogP contribution in [0.4, 0.5) is 0 Å². The number of nitrogens with one attached hydrogen (secondary N) is 1. The van der Waals surface area contributed by atoms with Gasteiger partial charge in [0.05, 0.1) is 6.04 Å². The van der Waals surface area contributed by atoms with Gasteiger partial charge in [-0.25, -0.2) is 0 Å². The van der Waals surface area contributed by atoms with Crippen LogP contribution in [-0.2, 0) is 0 Å². The van der Waals surface area contributed by atoms with Gasteiger partial charge < -0.3 is 9.84 Å². The summed E-state index contributed by atoms with van der Waals surface area (Å²) in [7, 11) is 0. The Labute approximate surface area is 78.5 Å². The van der Waals surface area contributed by atoms with Gasteiger partial charge in [0.1, 0.15) is 11.5 Å². The second-order valence-electron chi connectivity index (χ2n) is 3.88. The Morgan fingerprint density at radius 2 is 2.38 bits per heavy atom. The standard InChI is InChI=1S/C10H16N2O/c1-7-6-10(12-13-7)8(2)11-9-4-3-5-9/h6,8-9,11H,3-5H2,1-2H3/t8-/m1/s1. The van der Waals surface area contributed by atoms with Gasteiger partial charge in [0.25, 0.3) is 0 Å². The molecule has 3 nitrogen and oxygen atoms in total. The zero-order valence-corrected chi connectivity index (χ0v) is 8.21. The lowest BCUT2D eigenvalue weighted by Gasteiger charge is -2.29. The highest BCUT2D eigenvalue weighted by Crippen LogP contribution is 2.22. The molecule has 1 heterocycles. The minimum atomic E-state index is 0.322. The molecule has 1 fully saturated rings. The molecule has 13 heavy (non-hydrogen) atoms. The SMILES string of the molecule is Cc1cc([C@@H](C)NC2CCC2)no1. The van der Waals surface area contributed by atoms with Gasteiger partial charge in [-0.05, 0) is 26.7 Å². The summed E-state index contributed by atoms with van der Waals surface area (Å²) in [5, 5.41) is 7.51. The average Bonchev–Trinajstić information content (AvgIpc) is 2.44. The van der Waals surface area contributed by atoms with Crippen molar-refractivity contribution in [2.75, 3.05) is 0 Å². The molecule has 0 spiro atoms. The van der Waals surface area contributed by atoms with Gasteiger partial charge in [0.15, 0.2) is 0 Å². The number of hydrogen-bond donors (Lipinski definition) is 1. The van der Waals surface area contributed by atoms with Crippen LogP contribution in [0, 0.1) is 6.92 Å². The van der Waals surface area contributed by atoms with Crippen molar-refractivity contribution < 1.29 is 4.52 Å². The zero-order chi connectivity index (χ0) is 9.26. The second-order valence-corrected chi connectivity index (χ2v) is 3.88. The monoisotopic (exact) mass is 180 g/mol. The summed E-state index contributed by atoms with van der Waals surface area (Å²) in [6.07, 6.45) is 3.98. The second kappa shape index (κ2) is 3.50. The van der Waals surface area contributed by atoms with Gasteiger partial charge in [-0.2, -0.15) is 0 Å². The van der Waals surface area contributed by atoms with E-state index >= 15 is 0 Å². The lowest BCUT2D eigenvalue weighted by molar-refractivity contribution is 0.303. The maximum atomic E-state index is 5.03. The fourth-order valence-corrected chi connectivity index (χ4v) is 1.60. The maximum absolute atomic E-state index is 5.03. The van der Waals surface area contributed by atoms with Crippen molar-refractivity contribution in [2.24, 2.45) is 0 Å². The number of nitrogens with zero attached hydrogens (tertiary/aromatic N) is 1. The van der Waals surface area contributed by atoms with Crippen molar-refractivity contribution in [3.63, 3.8) is 0 Å². The van der Waals surface area contributed by atoms with Gasteiger partial charge >= 0.3 is 0 Å². The quantitative estimate of drug-likeness (QED) is 0.774. The molecule has 1 saturated carbocycles. The highest BCUT2D eigenvalue weighted by Gasteiger charge is 2.20. The van der Waals surface area contributed by atoms with E-state index in [1.807, 2.05) is 13.0 Å². The van der Waals surface area contributed by atoms with E-state index in [1.165, 1.54) is 19.3 Å². The summed E-state index contributed by atoms with van der Waals surface area (Å²) < 4.78 is 5.03. The van der Waals surface area contributed by atoms with Crippen molar-refractivity contribution in [1.29, 1.82) is 0 Å². The predicted molar refractivity (Wildman–Crippen MR) is 50.4 cm³/mol. The fraction of sp³-hybridized carbons (Fsp3) is 0.700. The minimum Gasteiger partial charge on any atom is -0.361 e. The van der Waals surface area contributed by atoms with Gasteiger partial charge in [-0.15, -0.1) is 0 Å². The third-order valence-corrected chi connectivity index (χ3v) is 2.68. The summed E-state index contributed by atoms with van der Waals surface area (Å²) in [5.41, 5.74) is 1.02. The third-order valence-electron chi connectivity index (χ3n) is 2.68. The lowest BCUT2D eigenvalue weighted by atomic mass is 9.92. The van der Waals surface area contributed by atoms with Crippen molar-refractivity contribution in [1.82, 2.24) is 10.5 Å². The molecule has 0 amide bonds. The Morgan fingerprint density at radius 3 is 2.85 bits per heavy atom. The maximum Gasteiger partial charge on any atom is 0.133 e. The highest BCUT2D eigenvalue weighted by molar-refractivity contribution is 5.08. The molecule has 1 N–H and O–H groups in total. The average molecular weight is 180 g/mol. The fourth-order valence-electron chi connectivity index (χ4n) is 1.60. The smallest absolute Gasteiger partial charge is 0.133 e. The molecule has 1 aliphatic rings. The molecule has 0 saturated heterocycles. The van der Waals surface area contributed by atoms with Crippen LogP contribution in [0.1, 0.15) is 43.7 Å². The van der Waals surface area contributed by atoms with Crippen molar-refractivity contribution in [2.45, 2.75) is 45.2 Å². The van der Waals surface area contributed by atoms with E-state index in [4.69, 9.17) is 4.52 Å². The molecule has 1 aliphatic carbocycles. The first kappa shape index (κ1) is 8.75. The molecular weight excluding hydrogens is 164 g/mol. The normalized spacial score (nSPS) is 19.8. The van der Waals surface area contributed by atoms with E-state index in [2.05, 4.69) is 17.4 Å². The third kappa shape index (κ3) is 1.91. The first-order chi connectivity index (χ1) is 6.25. The topological polar surface area (TPSA) is 38.1 Å². The summed E-state index contributed by atoms with van der Waals surface area (Å²) in [6, 6.07) is 3.02. The molecule has 0 bridgehead atoms. The molecule has 1 atom stereocenters. The molecule has 3 heteroatoms.